The lowest BCUT2D eigenvalue weighted by Crippen LogP contribution is -2.47. The molecule has 1 aliphatic rings. The molecule has 0 spiro atoms. The summed E-state index contributed by atoms with van der Waals surface area (Å²) in [6.07, 6.45) is 2.24. The molecule has 0 aliphatic carbocycles. The molecule has 1 aromatic carbocycles. The molecular weight excluding hydrogens is 361 g/mol. The number of anilines is 1. The number of para-hydroxylation sites is 1. The van der Waals surface area contributed by atoms with Gasteiger partial charge in [0.15, 0.2) is 8.32 Å². The SMILES string of the molecule is CC(C)(C)[Si](C)(C)OC1CCN(c2c(F)cccc2Br)CC1. The van der Waals surface area contributed by atoms with Crippen molar-refractivity contribution in [2.75, 3.05) is 18.0 Å². The molecule has 2 nitrogen and oxygen atoms in total. The number of hydrogen-bond acceptors (Lipinski definition) is 2. The van der Waals surface area contributed by atoms with Crippen molar-refractivity contribution < 1.29 is 8.82 Å². The van der Waals surface area contributed by atoms with Gasteiger partial charge in [-0.25, -0.2) is 4.39 Å². The van der Waals surface area contributed by atoms with Crippen LogP contribution in [0.3, 0.4) is 0 Å². The highest BCUT2D eigenvalue weighted by Gasteiger charge is 2.39. The molecule has 22 heavy (non-hydrogen) atoms. The van der Waals surface area contributed by atoms with Gasteiger partial charge in [-0.15, -0.1) is 0 Å². The molecule has 1 aliphatic heterocycles. The van der Waals surface area contributed by atoms with Gasteiger partial charge < -0.3 is 9.33 Å². The highest BCUT2D eigenvalue weighted by atomic mass is 79.9. The van der Waals surface area contributed by atoms with Crippen molar-refractivity contribution in [1.29, 1.82) is 0 Å². The molecular formula is C17H27BrFNOSi. The van der Waals surface area contributed by atoms with E-state index in [9.17, 15) is 4.39 Å². The predicted molar refractivity (Wildman–Crippen MR) is 97.6 cm³/mol. The Morgan fingerprint density at radius 3 is 2.32 bits per heavy atom. The van der Waals surface area contributed by atoms with Crippen LogP contribution < -0.4 is 4.90 Å². The Morgan fingerprint density at radius 1 is 1.23 bits per heavy atom. The second-order valence-corrected chi connectivity index (χ2v) is 13.2. The zero-order valence-corrected chi connectivity index (χ0v) is 16.8. The van der Waals surface area contributed by atoms with Crippen LogP contribution in [0.2, 0.25) is 18.1 Å². The first-order chi connectivity index (χ1) is 10.1. The van der Waals surface area contributed by atoms with Gasteiger partial charge in [0, 0.05) is 23.7 Å². The highest BCUT2D eigenvalue weighted by molar-refractivity contribution is 9.10. The fraction of sp³-hybridized carbons (Fsp3) is 0.647. The molecule has 2 rings (SSSR count). The summed E-state index contributed by atoms with van der Waals surface area (Å²) < 4.78 is 21.4. The smallest absolute Gasteiger partial charge is 0.192 e. The average molecular weight is 388 g/mol. The van der Waals surface area contributed by atoms with Crippen molar-refractivity contribution in [3.63, 3.8) is 0 Å². The lowest BCUT2D eigenvalue weighted by molar-refractivity contribution is 0.152. The molecule has 5 heteroatoms. The summed E-state index contributed by atoms with van der Waals surface area (Å²) in [5.74, 6) is -0.155. The Hall–Kier alpha value is -0.393. The van der Waals surface area contributed by atoms with Crippen LogP contribution in [0.1, 0.15) is 33.6 Å². The largest absolute Gasteiger partial charge is 0.414 e. The molecule has 0 N–H and O–H groups in total. The van der Waals surface area contributed by atoms with Crippen molar-refractivity contribution in [3.8, 4) is 0 Å². The van der Waals surface area contributed by atoms with Crippen molar-refractivity contribution in [2.45, 2.75) is 57.8 Å². The summed E-state index contributed by atoms with van der Waals surface area (Å²) >= 11 is 3.47. The molecule has 1 saturated heterocycles. The van der Waals surface area contributed by atoms with E-state index in [0.717, 1.165) is 30.4 Å². The average Bonchev–Trinajstić information content (AvgIpc) is 2.39. The Bertz CT molecular complexity index is 502. The summed E-state index contributed by atoms with van der Waals surface area (Å²) in [5.41, 5.74) is 0.688. The second kappa shape index (κ2) is 6.61. The van der Waals surface area contributed by atoms with Crippen LogP contribution in [0, 0.1) is 5.82 Å². The van der Waals surface area contributed by atoms with Gasteiger partial charge >= 0.3 is 0 Å². The van der Waals surface area contributed by atoms with Crippen LogP contribution in [-0.4, -0.2) is 27.5 Å². The summed E-state index contributed by atoms with van der Waals surface area (Å²) in [5, 5.41) is 0.235. The van der Waals surface area contributed by atoms with E-state index < -0.39 is 8.32 Å². The monoisotopic (exact) mass is 387 g/mol. The maximum Gasteiger partial charge on any atom is 0.192 e. The summed E-state index contributed by atoms with van der Waals surface area (Å²) in [6.45, 7) is 13.1. The molecule has 1 fully saturated rings. The number of rotatable bonds is 3. The number of hydrogen-bond donors (Lipinski definition) is 0. The van der Waals surface area contributed by atoms with Crippen LogP contribution in [0.4, 0.5) is 10.1 Å². The summed E-state index contributed by atoms with van der Waals surface area (Å²) in [4.78, 5) is 2.13. The standard InChI is InChI=1S/C17H27BrFNOSi/c1-17(2,3)22(4,5)21-13-9-11-20(12-10-13)16-14(18)7-6-8-15(16)19/h6-8,13H,9-12H2,1-5H3. The zero-order valence-electron chi connectivity index (χ0n) is 14.2. The molecule has 0 unspecified atom stereocenters. The lowest BCUT2D eigenvalue weighted by Gasteiger charge is -2.42. The Balaban J connectivity index is 1.99. The Kier molecular flexibility index (Phi) is 5.40. The normalized spacial score (nSPS) is 17.9. The number of benzene rings is 1. The van der Waals surface area contributed by atoms with Gasteiger partial charge in [0.25, 0.3) is 0 Å². The number of halogens is 2. The van der Waals surface area contributed by atoms with E-state index in [1.165, 1.54) is 6.07 Å². The Morgan fingerprint density at radius 2 is 1.82 bits per heavy atom. The lowest BCUT2D eigenvalue weighted by atomic mass is 10.1. The Labute approximate surface area is 143 Å². The van der Waals surface area contributed by atoms with Crippen LogP contribution in [0.25, 0.3) is 0 Å². The van der Waals surface area contributed by atoms with E-state index in [1.807, 2.05) is 6.07 Å². The minimum atomic E-state index is -1.72. The fourth-order valence-corrected chi connectivity index (χ4v) is 4.60. The molecule has 1 aromatic rings. The van der Waals surface area contributed by atoms with Crippen LogP contribution in [0.15, 0.2) is 22.7 Å². The quantitative estimate of drug-likeness (QED) is 0.627. The van der Waals surface area contributed by atoms with Gasteiger partial charge in [-0.3, -0.25) is 0 Å². The summed E-state index contributed by atoms with van der Waals surface area (Å²) in [6, 6.07) is 5.16. The summed E-state index contributed by atoms with van der Waals surface area (Å²) in [7, 11) is -1.72. The second-order valence-electron chi connectivity index (χ2n) is 7.63. The van der Waals surface area contributed by atoms with Crippen molar-refractivity contribution in [3.05, 3.63) is 28.5 Å². The highest BCUT2D eigenvalue weighted by Crippen LogP contribution is 2.39. The van der Waals surface area contributed by atoms with Gasteiger partial charge in [-0.2, -0.15) is 0 Å². The maximum atomic E-state index is 14.1. The molecule has 0 saturated carbocycles. The van der Waals surface area contributed by atoms with Crippen LogP contribution in [0.5, 0.6) is 0 Å². The maximum absolute atomic E-state index is 14.1. The topological polar surface area (TPSA) is 12.5 Å². The first-order valence-electron chi connectivity index (χ1n) is 7.98. The van der Waals surface area contributed by atoms with E-state index in [0.29, 0.717) is 11.8 Å². The third kappa shape index (κ3) is 3.92. The molecule has 0 atom stereocenters. The minimum Gasteiger partial charge on any atom is -0.414 e. The first-order valence-corrected chi connectivity index (χ1v) is 11.7. The first kappa shape index (κ1) is 18.0. The van der Waals surface area contributed by atoms with E-state index >= 15 is 0 Å². The van der Waals surface area contributed by atoms with E-state index in [4.69, 9.17) is 4.43 Å². The molecule has 1 heterocycles. The molecule has 124 valence electrons. The van der Waals surface area contributed by atoms with Gasteiger partial charge in [0.05, 0.1) is 5.69 Å². The van der Waals surface area contributed by atoms with E-state index in [2.05, 4.69) is 54.7 Å². The van der Waals surface area contributed by atoms with Crippen LogP contribution in [-0.2, 0) is 4.43 Å². The number of piperidine rings is 1. The van der Waals surface area contributed by atoms with Gasteiger partial charge in [0.2, 0.25) is 0 Å². The molecule has 0 amide bonds. The zero-order chi connectivity index (χ0) is 16.5. The third-order valence-electron chi connectivity index (χ3n) is 4.96. The van der Waals surface area contributed by atoms with Gasteiger partial charge in [-0.1, -0.05) is 26.8 Å². The van der Waals surface area contributed by atoms with Crippen molar-refractivity contribution >= 4 is 29.9 Å². The minimum absolute atomic E-state index is 0.155. The third-order valence-corrected chi connectivity index (χ3v) is 10.1. The van der Waals surface area contributed by atoms with Crippen LogP contribution >= 0.6 is 15.9 Å². The van der Waals surface area contributed by atoms with E-state index in [1.54, 1.807) is 6.07 Å². The van der Waals surface area contributed by atoms with Crippen molar-refractivity contribution in [2.24, 2.45) is 0 Å². The molecule has 0 bridgehead atoms. The van der Waals surface area contributed by atoms with Gasteiger partial charge in [0.1, 0.15) is 5.82 Å². The van der Waals surface area contributed by atoms with Gasteiger partial charge in [-0.05, 0) is 59.0 Å². The fourth-order valence-electron chi connectivity index (χ4n) is 2.58. The number of nitrogens with zero attached hydrogens (tertiary/aromatic N) is 1. The molecule has 0 aromatic heterocycles. The molecule has 0 radical (unpaired) electrons. The van der Waals surface area contributed by atoms with E-state index in [-0.39, 0.29) is 10.9 Å². The van der Waals surface area contributed by atoms with Crippen molar-refractivity contribution in [1.82, 2.24) is 0 Å². The predicted octanol–water partition coefficient (Wildman–Crippen LogP) is 5.58.